The molecule has 0 saturated carbocycles. The Balaban J connectivity index is 1.30. The molecule has 2 aliphatic rings. The van der Waals surface area contributed by atoms with Crippen LogP contribution in [0.5, 0.6) is 0 Å². The van der Waals surface area contributed by atoms with Gasteiger partial charge in [0.25, 0.3) is 0 Å². The molecule has 4 rings (SSSR count). The summed E-state index contributed by atoms with van der Waals surface area (Å²) in [4.78, 5) is 39.8. The highest BCUT2D eigenvalue weighted by Crippen LogP contribution is 2.22. The molecule has 30 heavy (non-hydrogen) atoms. The molecule has 0 bridgehead atoms. The van der Waals surface area contributed by atoms with Crippen molar-refractivity contribution >= 4 is 29.2 Å². The number of halogens is 1. The summed E-state index contributed by atoms with van der Waals surface area (Å²) in [7, 11) is 0. The van der Waals surface area contributed by atoms with Gasteiger partial charge in [-0.2, -0.15) is 0 Å². The lowest BCUT2D eigenvalue weighted by molar-refractivity contribution is -0.143. The standard InChI is InChI=1S/C22H26ClN5O2/c23-19-4-1-17(2-5-19)7-10-28-16-18(3-6-21(28)29)22(30)27-13-11-26(12-14-27)20-15-24-8-9-25-20/h1-2,4-5,8-9,15,18H,3,6-7,10-14,16H2/t18-/m0/s1. The van der Waals surface area contributed by atoms with Crippen molar-refractivity contribution in [1.82, 2.24) is 19.8 Å². The largest absolute Gasteiger partial charge is 0.352 e. The van der Waals surface area contributed by atoms with Gasteiger partial charge in [0.2, 0.25) is 11.8 Å². The Bertz CT molecular complexity index is 869. The average Bonchev–Trinajstić information content (AvgIpc) is 2.80. The van der Waals surface area contributed by atoms with Crippen LogP contribution in [0.1, 0.15) is 18.4 Å². The first-order valence-electron chi connectivity index (χ1n) is 10.4. The Morgan fingerprint density at radius 1 is 1.10 bits per heavy atom. The van der Waals surface area contributed by atoms with E-state index in [0.29, 0.717) is 44.0 Å². The number of likely N-dealkylation sites (tertiary alicyclic amines) is 1. The Kier molecular flexibility index (Phi) is 6.47. The summed E-state index contributed by atoms with van der Waals surface area (Å²) in [5, 5.41) is 0.706. The maximum Gasteiger partial charge on any atom is 0.227 e. The van der Waals surface area contributed by atoms with Crippen LogP contribution < -0.4 is 4.90 Å². The van der Waals surface area contributed by atoms with Gasteiger partial charge in [-0.3, -0.25) is 14.6 Å². The number of nitrogens with zero attached hydrogens (tertiary/aromatic N) is 5. The predicted molar refractivity (Wildman–Crippen MR) is 115 cm³/mol. The molecule has 3 heterocycles. The maximum atomic E-state index is 13.1. The molecular weight excluding hydrogens is 402 g/mol. The molecule has 2 fully saturated rings. The normalized spacial score (nSPS) is 19.8. The zero-order chi connectivity index (χ0) is 20.9. The van der Waals surface area contributed by atoms with Crippen molar-refractivity contribution in [3.05, 3.63) is 53.4 Å². The molecule has 2 amide bonds. The fourth-order valence-corrected chi connectivity index (χ4v) is 4.24. The lowest BCUT2D eigenvalue weighted by Crippen LogP contribution is -2.53. The highest BCUT2D eigenvalue weighted by Gasteiger charge is 2.33. The van der Waals surface area contributed by atoms with E-state index in [9.17, 15) is 9.59 Å². The van der Waals surface area contributed by atoms with Gasteiger partial charge in [-0.1, -0.05) is 23.7 Å². The summed E-state index contributed by atoms with van der Waals surface area (Å²) < 4.78 is 0. The highest BCUT2D eigenvalue weighted by molar-refractivity contribution is 6.30. The molecule has 8 heteroatoms. The summed E-state index contributed by atoms with van der Waals surface area (Å²) in [6.45, 7) is 3.97. The first-order valence-corrected chi connectivity index (χ1v) is 10.8. The molecule has 0 aliphatic carbocycles. The number of aromatic nitrogens is 2. The minimum absolute atomic E-state index is 0.115. The minimum atomic E-state index is -0.115. The fraction of sp³-hybridized carbons (Fsp3) is 0.455. The molecule has 158 valence electrons. The summed E-state index contributed by atoms with van der Waals surface area (Å²) in [5.74, 6) is 1.04. The monoisotopic (exact) mass is 427 g/mol. The van der Waals surface area contributed by atoms with Crippen molar-refractivity contribution in [2.75, 3.05) is 44.2 Å². The van der Waals surface area contributed by atoms with E-state index in [0.717, 1.165) is 30.9 Å². The Hall–Kier alpha value is -2.67. The molecule has 0 radical (unpaired) electrons. The molecule has 2 aliphatic heterocycles. The van der Waals surface area contributed by atoms with Gasteiger partial charge < -0.3 is 14.7 Å². The minimum Gasteiger partial charge on any atom is -0.352 e. The number of piperidine rings is 1. The van der Waals surface area contributed by atoms with E-state index in [2.05, 4.69) is 14.9 Å². The second-order valence-corrected chi connectivity index (χ2v) is 8.26. The van der Waals surface area contributed by atoms with Gasteiger partial charge in [0, 0.05) is 63.1 Å². The fourth-order valence-electron chi connectivity index (χ4n) is 4.12. The number of piperazine rings is 1. The van der Waals surface area contributed by atoms with E-state index in [1.165, 1.54) is 0 Å². The van der Waals surface area contributed by atoms with Crippen LogP contribution >= 0.6 is 11.6 Å². The van der Waals surface area contributed by atoms with Gasteiger partial charge in [0.1, 0.15) is 5.82 Å². The lowest BCUT2D eigenvalue weighted by Gasteiger charge is -2.39. The molecule has 0 N–H and O–H groups in total. The number of carbonyl (C=O) groups excluding carboxylic acids is 2. The van der Waals surface area contributed by atoms with Gasteiger partial charge in [-0.25, -0.2) is 4.98 Å². The van der Waals surface area contributed by atoms with Crippen molar-refractivity contribution in [3.8, 4) is 0 Å². The molecule has 1 aromatic heterocycles. The SMILES string of the molecule is O=C1CC[C@H](C(=O)N2CCN(c3cnccn3)CC2)CN1CCc1ccc(Cl)cc1. The smallest absolute Gasteiger partial charge is 0.227 e. The van der Waals surface area contributed by atoms with Crippen LogP contribution in [0.3, 0.4) is 0 Å². The van der Waals surface area contributed by atoms with Gasteiger partial charge >= 0.3 is 0 Å². The third-order valence-electron chi connectivity index (χ3n) is 5.90. The van der Waals surface area contributed by atoms with Crippen LogP contribution in [0.4, 0.5) is 5.82 Å². The number of carbonyl (C=O) groups is 2. The third kappa shape index (κ3) is 4.90. The van der Waals surface area contributed by atoms with E-state index in [-0.39, 0.29) is 17.7 Å². The van der Waals surface area contributed by atoms with Crippen LogP contribution in [0, 0.1) is 5.92 Å². The Morgan fingerprint density at radius 2 is 1.87 bits per heavy atom. The third-order valence-corrected chi connectivity index (χ3v) is 6.15. The van der Waals surface area contributed by atoms with E-state index in [1.54, 1.807) is 18.6 Å². The van der Waals surface area contributed by atoms with Gasteiger partial charge in [-0.05, 0) is 30.5 Å². The Labute approximate surface area is 181 Å². The van der Waals surface area contributed by atoms with E-state index < -0.39 is 0 Å². The number of benzene rings is 1. The number of rotatable bonds is 5. The molecule has 0 spiro atoms. The van der Waals surface area contributed by atoms with Crippen LogP contribution in [0.25, 0.3) is 0 Å². The van der Waals surface area contributed by atoms with Gasteiger partial charge in [0.15, 0.2) is 0 Å². The zero-order valence-corrected chi connectivity index (χ0v) is 17.7. The van der Waals surface area contributed by atoms with Crippen molar-refractivity contribution in [2.24, 2.45) is 5.92 Å². The van der Waals surface area contributed by atoms with Crippen LogP contribution in [0.15, 0.2) is 42.9 Å². The predicted octanol–water partition coefficient (Wildman–Crippen LogP) is 2.26. The number of amides is 2. The van der Waals surface area contributed by atoms with Crippen LogP contribution in [-0.4, -0.2) is 70.9 Å². The highest BCUT2D eigenvalue weighted by atomic mass is 35.5. The Morgan fingerprint density at radius 3 is 2.57 bits per heavy atom. The first kappa shape index (κ1) is 20.6. The summed E-state index contributed by atoms with van der Waals surface area (Å²) >= 11 is 5.94. The summed E-state index contributed by atoms with van der Waals surface area (Å²) in [6, 6.07) is 7.69. The molecule has 2 saturated heterocycles. The average molecular weight is 428 g/mol. The second kappa shape index (κ2) is 9.43. The van der Waals surface area contributed by atoms with Crippen molar-refractivity contribution < 1.29 is 9.59 Å². The van der Waals surface area contributed by atoms with Crippen LogP contribution in [0.2, 0.25) is 5.02 Å². The molecule has 7 nitrogen and oxygen atoms in total. The summed E-state index contributed by atoms with van der Waals surface area (Å²) in [5.41, 5.74) is 1.14. The molecule has 1 atom stereocenters. The number of anilines is 1. The maximum absolute atomic E-state index is 13.1. The molecule has 2 aromatic rings. The molecule has 0 unspecified atom stereocenters. The van der Waals surface area contributed by atoms with E-state index >= 15 is 0 Å². The first-order chi connectivity index (χ1) is 14.6. The lowest BCUT2D eigenvalue weighted by atomic mass is 9.95. The topological polar surface area (TPSA) is 69.6 Å². The molecule has 1 aromatic carbocycles. The number of hydrogen-bond acceptors (Lipinski definition) is 5. The number of hydrogen-bond donors (Lipinski definition) is 0. The van der Waals surface area contributed by atoms with Gasteiger partial charge in [0.05, 0.1) is 12.1 Å². The van der Waals surface area contributed by atoms with E-state index in [4.69, 9.17) is 11.6 Å². The van der Waals surface area contributed by atoms with Crippen LogP contribution in [-0.2, 0) is 16.0 Å². The second-order valence-electron chi connectivity index (χ2n) is 7.83. The van der Waals surface area contributed by atoms with Crippen molar-refractivity contribution in [2.45, 2.75) is 19.3 Å². The quantitative estimate of drug-likeness (QED) is 0.732. The van der Waals surface area contributed by atoms with Crippen molar-refractivity contribution in [3.63, 3.8) is 0 Å². The zero-order valence-electron chi connectivity index (χ0n) is 16.9. The van der Waals surface area contributed by atoms with Crippen molar-refractivity contribution in [1.29, 1.82) is 0 Å². The molecular formula is C22H26ClN5O2. The van der Waals surface area contributed by atoms with Gasteiger partial charge in [-0.15, -0.1) is 0 Å². The van der Waals surface area contributed by atoms with E-state index in [1.807, 2.05) is 34.1 Å². The summed E-state index contributed by atoms with van der Waals surface area (Å²) in [6.07, 6.45) is 6.94.